The van der Waals surface area contributed by atoms with E-state index in [4.69, 9.17) is 19.3 Å². The van der Waals surface area contributed by atoms with Crippen molar-refractivity contribution in [2.24, 2.45) is 7.05 Å². The molecule has 0 amide bonds. The van der Waals surface area contributed by atoms with Crippen LogP contribution in [0.25, 0.3) is 32.8 Å². The lowest BCUT2D eigenvalue weighted by molar-refractivity contribution is 0.0512. The van der Waals surface area contributed by atoms with Crippen LogP contribution in [0.5, 0.6) is 5.75 Å². The van der Waals surface area contributed by atoms with Crippen LogP contribution in [0.2, 0.25) is 0 Å². The molecule has 0 atom stereocenters. The predicted molar refractivity (Wildman–Crippen MR) is 198 cm³/mol. The highest BCUT2D eigenvalue weighted by Gasteiger charge is 2.29. The largest absolute Gasteiger partial charge is 0.493 e. The van der Waals surface area contributed by atoms with Gasteiger partial charge < -0.3 is 18.8 Å². The number of carbonyl (C=O) groups excluding carboxylic acids is 1. The zero-order chi connectivity index (χ0) is 34.2. The fourth-order valence-corrected chi connectivity index (χ4v) is 7.48. The first-order valence-corrected chi connectivity index (χ1v) is 18.2. The summed E-state index contributed by atoms with van der Waals surface area (Å²) in [6, 6.07) is 18.9. The van der Waals surface area contributed by atoms with Gasteiger partial charge in [0.25, 0.3) is 0 Å². The molecule has 0 saturated heterocycles. The Kier molecular flexibility index (Phi) is 11.5. The van der Waals surface area contributed by atoms with Crippen molar-refractivity contribution < 1.29 is 19.0 Å². The summed E-state index contributed by atoms with van der Waals surface area (Å²) >= 11 is 0. The Hall–Kier alpha value is -4.36. The number of ether oxygens (including phenoxy) is 3. The Labute approximate surface area is 290 Å². The second kappa shape index (κ2) is 16.4. The minimum absolute atomic E-state index is 0.255. The molecule has 49 heavy (non-hydrogen) atoms. The first kappa shape index (κ1) is 34.5. The lowest BCUT2D eigenvalue weighted by atomic mass is 9.93. The molecule has 3 heterocycles. The Morgan fingerprint density at radius 3 is 2.59 bits per heavy atom. The molecular formula is C42H51N3O4. The molecule has 3 aromatic carbocycles. The van der Waals surface area contributed by atoms with Gasteiger partial charge in [-0.3, -0.25) is 4.68 Å². The smallest absolute Gasteiger partial charge is 0.355 e. The minimum atomic E-state index is -0.255. The van der Waals surface area contributed by atoms with Gasteiger partial charge in [-0.05, 0) is 75.0 Å². The summed E-state index contributed by atoms with van der Waals surface area (Å²) in [5.41, 5.74) is 8.34. The molecule has 7 heteroatoms. The average molecular weight is 662 g/mol. The number of nitrogens with zero attached hydrogens (tertiary/aromatic N) is 3. The highest BCUT2D eigenvalue weighted by atomic mass is 16.5. The molecule has 0 radical (unpaired) electrons. The Balaban J connectivity index is 1.46. The molecule has 0 aliphatic carbocycles. The third-order valence-electron chi connectivity index (χ3n) is 9.78. The number of aryl methyl sites for hydroxylation is 4. The van der Waals surface area contributed by atoms with Crippen LogP contribution in [0, 0.1) is 6.92 Å². The van der Waals surface area contributed by atoms with Crippen LogP contribution in [-0.2, 0) is 42.5 Å². The molecule has 1 aliphatic heterocycles. The van der Waals surface area contributed by atoms with Crippen molar-refractivity contribution in [3.05, 3.63) is 95.0 Å². The van der Waals surface area contributed by atoms with Gasteiger partial charge in [-0.15, -0.1) is 0 Å². The molecule has 7 nitrogen and oxygen atoms in total. The summed E-state index contributed by atoms with van der Waals surface area (Å²) in [4.78, 5) is 14.0. The number of carbonyl (C=O) groups is 1. The maximum Gasteiger partial charge on any atom is 0.355 e. The van der Waals surface area contributed by atoms with E-state index in [1.54, 1.807) is 0 Å². The lowest BCUT2D eigenvalue weighted by Gasteiger charge is -2.16. The quantitative estimate of drug-likeness (QED) is 0.0941. The van der Waals surface area contributed by atoms with Crippen LogP contribution < -0.4 is 4.74 Å². The van der Waals surface area contributed by atoms with Crippen molar-refractivity contribution in [2.75, 3.05) is 19.8 Å². The van der Waals surface area contributed by atoms with Gasteiger partial charge in [0.05, 0.1) is 37.6 Å². The third kappa shape index (κ3) is 7.47. The standard InChI is InChI=1S/C42H51N3O4/c1-5-36-39-35(43-44(36)4)29-47-27-16-12-10-8-7-9-11-15-26-45-40-34(25-24-30(3)38(39)40)33(41(45)42(46)48-6-2)22-18-28-49-37-23-17-20-31-19-13-14-21-32(31)37/h12-14,16-17,19-21,23-25H,5-11,15,18,22,26-29H2,1-4H3/b16-12-. The Morgan fingerprint density at radius 1 is 0.918 bits per heavy atom. The summed E-state index contributed by atoms with van der Waals surface area (Å²) in [6.07, 6.45) is 13.4. The lowest BCUT2D eigenvalue weighted by Crippen LogP contribution is -2.15. The summed E-state index contributed by atoms with van der Waals surface area (Å²) in [5.74, 6) is 0.632. The monoisotopic (exact) mass is 661 g/mol. The van der Waals surface area contributed by atoms with Gasteiger partial charge in [0.2, 0.25) is 0 Å². The van der Waals surface area contributed by atoms with Gasteiger partial charge in [0, 0.05) is 41.2 Å². The van der Waals surface area contributed by atoms with E-state index < -0.39 is 0 Å². The number of hydrogen-bond acceptors (Lipinski definition) is 5. The van der Waals surface area contributed by atoms with Crippen LogP contribution in [0.1, 0.15) is 91.8 Å². The van der Waals surface area contributed by atoms with Gasteiger partial charge >= 0.3 is 5.97 Å². The van der Waals surface area contributed by atoms with Crippen molar-refractivity contribution in [3.8, 4) is 16.9 Å². The first-order chi connectivity index (χ1) is 24.0. The molecule has 0 bridgehead atoms. The Morgan fingerprint density at radius 2 is 1.73 bits per heavy atom. The van der Waals surface area contributed by atoms with E-state index in [0.717, 1.165) is 99.7 Å². The van der Waals surface area contributed by atoms with Crippen LogP contribution in [0.3, 0.4) is 0 Å². The van der Waals surface area contributed by atoms with E-state index in [-0.39, 0.29) is 5.97 Å². The fourth-order valence-electron chi connectivity index (χ4n) is 7.48. The second-order valence-corrected chi connectivity index (χ2v) is 13.1. The number of allylic oxidation sites excluding steroid dienone is 1. The molecule has 6 rings (SSSR count). The van der Waals surface area contributed by atoms with Gasteiger partial charge in [-0.1, -0.05) is 86.9 Å². The molecule has 0 fully saturated rings. The number of aromatic nitrogens is 3. The van der Waals surface area contributed by atoms with Crippen LogP contribution >= 0.6 is 0 Å². The fraction of sp³-hybridized carbons (Fsp3) is 0.429. The molecule has 0 N–H and O–H groups in total. The molecule has 0 unspecified atom stereocenters. The molecule has 2 aromatic heterocycles. The predicted octanol–water partition coefficient (Wildman–Crippen LogP) is 9.68. The average Bonchev–Trinajstić information content (AvgIpc) is 3.59. The Bertz CT molecular complexity index is 1930. The van der Waals surface area contributed by atoms with Crippen molar-refractivity contribution in [1.82, 2.24) is 14.3 Å². The first-order valence-electron chi connectivity index (χ1n) is 18.2. The van der Waals surface area contributed by atoms with Crippen molar-refractivity contribution in [2.45, 2.75) is 91.7 Å². The van der Waals surface area contributed by atoms with E-state index >= 15 is 0 Å². The molecular weight excluding hydrogens is 610 g/mol. The summed E-state index contributed by atoms with van der Waals surface area (Å²) < 4.78 is 22.6. The van der Waals surface area contributed by atoms with Gasteiger partial charge in [-0.25, -0.2) is 4.79 Å². The molecule has 5 aromatic rings. The summed E-state index contributed by atoms with van der Waals surface area (Å²) in [5, 5.41) is 8.37. The normalized spacial score (nSPS) is 15.2. The maximum absolute atomic E-state index is 14.0. The van der Waals surface area contributed by atoms with Crippen LogP contribution in [0.15, 0.2) is 66.7 Å². The van der Waals surface area contributed by atoms with E-state index in [1.165, 1.54) is 19.3 Å². The highest BCUT2D eigenvalue weighted by Crippen LogP contribution is 2.41. The zero-order valence-electron chi connectivity index (χ0n) is 29.7. The topological polar surface area (TPSA) is 67.5 Å². The minimum Gasteiger partial charge on any atom is -0.493 e. The van der Waals surface area contributed by atoms with E-state index in [9.17, 15) is 4.79 Å². The molecule has 0 saturated carbocycles. The highest BCUT2D eigenvalue weighted by molar-refractivity contribution is 6.05. The van der Waals surface area contributed by atoms with Crippen LogP contribution in [-0.4, -0.2) is 40.1 Å². The number of esters is 1. The van der Waals surface area contributed by atoms with Gasteiger partial charge in [0.1, 0.15) is 11.4 Å². The molecule has 0 spiro atoms. The number of benzene rings is 3. The second-order valence-electron chi connectivity index (χ2n) is 13.1. The van der Waals surface area contributed by atoms with Crippen LogP contribution in [0.4, 0.5) is 0 Å². The third-order valence-corrected chi connectivity index (χ3v) is 9.78. The maximum atomic E-state index is 14.0. The number of rotatable bonds is 8. The number of hydrogen-bond donors (Lipinski definition) is 0. The number of fused-ring (bicyclic) bond motifs is 3. The van der Waals surface area contributed by atoms with Crippen molar-refractivity contribution >= 4 is 27.6 Å². The zero-order valence-corrected chi connectivity index (χ0v) is 29.7. The molecule has 1 aliphatic rings. The molecule has 258 valence electrons. The summed E-state index contributed by atoms with van der Waals surface area (Å²) in [7, 11) is 2.03. The summed E-state index contributed by atoms with van der Waals surface area (Å²) in [6.45, 7) is 8.85. The van der Waals surface area contributed by atoms with Crippen molar-refractivity contribution in [1.29, 1.82) is 0 Å². The van der Waals surface area contributed by atoms with Gasteiger partial charge in [-0.2, -0.15) is 5.10 Å². The SMILES string of the molecule is CCOC(=O)c1c(CCCOc2cccc3ccccc23)c2ccc(C)c3c2n1CCCCCCC/C=C\COCc1nn(C)c(CC)c1-3. The van der Waals surface area contributed by atoms with E-state index in [1.807, 2.05) is 36.9 Å². The van der Waals surface area contributed by atoms with Gasteiger partial charge in [0.15, 0.2) is 0 Å². The van der Waals surface area contributed by atoms with Crippen molar-refractivity contribution in [3.63, 3.8) is 0 Å². The van der Waals surface area contributed by atoms with E-state index in [0.29, 0.717) is 38.5 Å². The van der Waals surface area contributed by atoms with E-state index in [2.05, 4.69) is 67.0 Å².